The second-order valence-corrected chi connectivity index (χ2v) is 5.09. The van der Waals surface area contributed by atoms with Crippen LogP contribution in [0.15, 0.2) is 53.1 Å². The first-order chi connectivity index (χ1) is 11.7. The van der Waals surface area contributed by atoms with Crippen molar-refractivity contribution in [1.82, 2.24) is 5.16 Å². The van der Waals surface area contributed by atoms with Crippen LogP contribution in [0.2, 0.25) is 0 Å². The number of aromatic nitrogens is 1. The Morgan fingerprint density at radius 3 is 2.67 bits per heavy atom. The molecule has 0 fully saturated rings. The van der Waals surface area contributed by atoms with Crippen LogP contribution in [0, 0.1) is 0 Å². The highest BCUT2D eigenvalue weighted by molar-refractivity contribution is 6.00. The lowest BCUT2D eigenvalue weighted by molar-refractivity contribution is -0.141. The van der Waals surface area contributed by atoms with Crippen molar-refractivity contribution in [3.63, 3.8) is 0 Å². The van der Waals surface area contributed by atoms with Crippen molar-refractivity contribution in [2.75, 3.05) is 13.7 Å². The number of rotatable bonds is 6. The smallest absolute Gasteiger partial charge is 0.312 e. The molecule has 2 aromatic carbocycles. The van der Waals surface area contributed by atoms with Gasteiger partial charge in [0, 0.05) is 5.39 Å². The van der Waals surface area contributed by atoms with Crippen LogP contribution < -0.4 is 4.74 Å². The number of methoxy groups -OCH3 is 1. The van der Waals surface area contributed by atoms with Gasteiger partial charge in [-0.1, -0.05) is 29.4 Å². The first-order valence-electron chi connectivity index (χ1n) is 7.34. The molecule has 0 N–H and O–H groups in total. The van der Waals surface area contributed by atoms with Crippen molar-refractivity contribution < 1.29 is 23.6 Å². The fourth-order valence-electron chi connectivity index (χ4n) is 2.35. The van der Waals surface area contributed by atoms with E-state index in [1.807, 2.05) is 18.2 Å². The lowest BCUT2D eigenvalue weighted by Gasteiger charge is -2.07. The molecule has 0 saturated heterocycles. The molecule has 0 aliphatic carbocycles. The first-order valence-corrected chi connectivity index (χ1v) is 7.34. The van der Waals surface area contributed by atoms with Crippen LogP contribution in [0.4, 0.5) is 0 Å². The largest absolute Gasteiger partial charge is 0.496 e. The topological polar surface area (TPSA) is 78.6 Å². The van der Waals surface area contributed by atoms with E-state index in [4.69, 9.17) is 14.0 Å². The number of esters is 1. The van der Waals surface area contributed by atoms with Gasteiger partial charge in [-0.15, -0.1) is 0 Å². The molecule has 3 rings (SSSR count). The summed E-state index contributed by atoms with van der Waals surface area (Å²) >= 11 is 0. The molecule has 3 aromatic rings. The van der Waals surface area contributed by atoms with Gasteiger partial charge in [-0.3, -0.25) is 9.59 Å². The molecule has 0 radical (unpaired) electrons. The molecule has 0 saturated carbocycles. The minimum absolute atomic E-state index is 0.0593. The number of hydrogen-bond donors (Lipinski definition) is 0. The number of ketones is 1. The lowest BCUT2D eigenvalue weighted by atomic mass is 10.1. The lowest BCUT2D eigenvalue weighted by Crippen LogP contribution is -2.16. The van der Waals surface area contributed by atoms with E-state index in [0.717, 1.165) is 5.39 Å². The van der Waals surface area contributed by atoms with E-state index in [1.54, 1.807) is 30.3 Å². The standard InChI is InChI=1S/C18H15NO5/c1-22-16-8-4-3-7-13(16)15(20)11-23-18(21)10-14-12-6-2-5-9-17(12)24-19-14/h2-9H,10-11H2,1H3. The van der Waals surface area contributed by atoms with Crippen LogP contribution in [0.3, 0.4) is 0 Å². The Kier molecular flexibility index (Phi) is 4.56. The van der Waals surface area contributed by atoms with E-state index in [0.29, 0.717) is 22.6 Å². The minimum atomic E-state index is -0.544. The zero-order valence-corrected chi connectivity index (χ0v) is 13.0. The maximum absolute atomic E-state index is 12.2. The number of hydrogen-bond acceptors (Lipinski definition) is 6. The Bertz CT molecular complexity index is 884. The average Bonchev–Trinajstić information content (AvgIpc) is 3.02. The number of nitrogens with zero attached hydrogens (tertiary/aromatic N) is 1. The minimum Gasteiger partial charge on any atom is -0.496 e. The normalized spacial score (nSPS) is 10.5. The van der Waals surface area contributed by atoms with E-state index in [2.05, 4.69) is 5.16 Å². The van der Waals surface area contributed by atoms with Crippen LogP contribution in [-0.2, 0) is 16.0 Å². The van der Waals surface area contributed by atoms with Crippen molar-refractivity contribution in [3.05, 3.63) is 59.8 Å². The Morgan fingerprint density at radius 2 is 1.83 bits per heavy atom. The molecule has 0 atom stereocenters. The molecule has 0 spiro atoms. The van der Waals surface area contributed by atoms with Gasteiger partial charge in [-0.05, 0) is 24.3 Å². The maximum Gasteiger partial charge on any atom is 0.312 e. The molecule has 0 amide bonds. The molecular formula is C18H15NO5. The second-order valence-electron chi connectivity index (χ2n) is 5.09. The van der Waals surface area contributed by atoms with Crippen molar-refractivity contribution in [1.29, 1.82) is 0 Å². The monoisotopic (exact) mass is 325 g/mol. The fourth-order valence-corrected chi connectivity index (χ4v) is 2.35. The summed E-state index contributed by atoms with van der Waals surface area (Å²) in [5.74, 6) is -0.427. The van der Waals surface area contributed by atoms with E-state index < -0.39 is 5.97 Å². The number of Topliss-reactive ketones (excluding diaryl/α,β-unsaturated/α-hetero) is 1. The van der Waals surface area contributed by atoms with Gasteiger partial charge < -0.3 is 14.0 Å². The van der Waals surface area contributed by atoms with Gasteiger partial charge in [0.1, 0.15) is 11.4 Å². The summed E-state index contributed by atoms with van der Waals surface area (Å²) in [4.78, 5) is 24.1. The third-order valence-electron chi connectivity index (χ3n) is 3.54. The van der Waals surface area contributed by atoms with Crippen molar-refractivity contribution in [2.45, 2.75) is 6.42 Å². The van der Waals surface area contributed by atoms with Crippen molar-refractivity contribution >= 4 is 22.7 Å². The highest BCUT2D eigenvalue weighted by Crippen LogP contribution is 2.19. The predicted octanol–water partition coefficient (Wildman–Crippen LogP) is 2.81. The molecule has 0 aliphatic heterocycles. The van der Waals surface area contributed by atoms with Crippen molar-refractivity contribution in [3.8, 4) is 5.75 Å². The summed E-state index contributed by atoms with van der Waals surface area (Å²) < 4.78 is 15.3. The Morgan fingerprint density at radius 1 is 1.08 bits per heavy atom. The third-order valence-corrected chi connectivity index (χ3v) is 3.54. The Hall–Kier alpha value is -3.15. The summed E-state index contributed by atoms with van der Waals surface area (Å²) in [7, 11) is 1.48. The van der Waals surface area contributed by atoms with E-state index in [1.165, 1.54) is 7.11 Å². The number of carbonyl (C=O) groups excluding carboxylic acids is 2. The summed E-state index contributed by atoms with van der Waals surface area (Å²) in [6, 6.07) is 14.0. The summed E-state index contributed by atoms with van der Waals surface area (Å²) in [5, 5.41) is 4.62. The van der Waals surface area contributed by atoms with E-state index in [-0.39, 0.29) is 18.8 Å². The second kappa shape index (κ2) is 6.95. The Balaban J connectivity index is 1.62. The molecule has 0 aliphatic rings. The summed E-state index contributed by atoms with van der Waals surface area (Å²) in [6.45, 7) is -0.352. The van der Waals surface area contributed by atoms with Gasteiger partial charge in [0.25, 0.3) is 0 Å². The third kappa shape index (κ3) is 3.27. The molecule has 6 nitrogen and oxygen atoms in total. The summed E-state index contributed by atoms with van der Waals surface area (Å²) in [6.07, 6.45) is -0.0593. The zero-order valence-electron chi connectivity index (χ0n) is 13.0. The predicted molar refractivity (Wildman–Crippen MR) is 86.0 cm³/mol. The highest BCUT2D eigenvalue weighted by Gasteiger charge is 2.16. The molecule has 6 heteroatoms. The maximum atomic E-state index is 12.2. The number of benzene rings is 2. The Labute approximate surface area is 138 Å². The molecule has 1 aromatic heterocycles. The molecule has 1 heterocycles. The van der Waals surface area contributed by atoms with E-state index in [9.17, 15) is 9.59 Å². The van der Waals surface area contributed by atoms with Crippen LogP contribution in [-0.4, -0.2) is 30.6 Å². The van der Waals surface area contributed by atoms with Crippen LogP contribution in [0.5, 0.6) is 5.75 Å². The van der Waals surface area contributed by atoms with Gasteiger partial charge in [-0.25, -0.2) is 0 Å². The van der Waals surface area contributed by atoms with Gasteiger partial charge in [0.05, 0.1) is 19.1 Å². The number of carbonyl (C=O) groups is 2. The van der Waals surface area contributed by atoms with Gasteiger partial charge >= 0.3 is 5.97 Å². The average molecular weight is 325 g/mol. The highest BCUT2D eigenvalue weighted by atomic mass is 16.5. The first kappa shape index (κ1) is 15.7. The van der Waals surface area contributed by atoms with Crippen molar-refractivity contribution in [2.24, 2.45) is 0 Å². The number of fused-ring (bicyclic) bond motifs is 1. The van der Waals surface area contributed by atoms with Gasteiger partial charge in [-0.2, -0.15) is 0 Å². The quantitative estimate of drug-likeness (QED) is 0.512. The number of para-hydroxylation sites is 2. The number of ether oxygens (including phenoxy) is 2. The van der Waals surface area contributed by atoms with Crippen LogP contribution in [0.25, 0.3) is 11.0 Å². The SMILES string of the molecule is COc1ccccc1C(=O)COC(=O)Cc1noc2ccccc12. The van der Waals surface area contributed by atoms with Gasteiger partial charge in [0.15, 0.2) is 12.2 Å². The molecule has 24 heavy (non-hydrogen) atoms. The van der Waals surface area contributed by atoms with Gasteiger partial charge in [0.2, 0.25) is 5.78 Å². The molecule has 0 bridgehead atoms. The van der Waals surface area contributed by atoms with Crippen LogP contribution in [0.1, 0.15) is 16.1 Å². The van der Waals surface area contributed by atoms with E-state index >= 15 is 0 Å². The molecule has 0 unspecified atom stereocenters. The fraction of sp³-hybridized carbons (Fsp3) is 0.167. The molecular weight excluding hydrogens is 310 g/mol. The van der Waals surface area contributed by atoms with Crippen LogP contribution >= 0.6 is 0 Å². The zero-order chi connectivity index (χ0) is 16.9. The summed E-state index contributed by atoms with van der Waals surface area (Å²) in [5.41, 5.74) is 1.46. The molecule has 122 valence electrons.